The van der Waals surface area contributed by atoms with Crippen LogP contribution < -0.4 is 0 Å². The first-order valence-corrected chi connectivity index (χ1v) is 12.2. The van der Waals surface area contributed by atoms with Crippen LogP contribution in [0.5, 0.6) is 0 Å². The number of hydrogen-bond acceptors (Lipinski definition) is 6. The van der Waals surface area contributed by atoms with Gasteiger partial charge in [0.15, 0.2) is 0 Å². The second-order valence-electron chi connectivity index (χ2n) is 10.2. The van der Waals surface area contributed by atoms with Gasteiger partial charge in [-0.1, -0.05) is 26.8 Å². The van der Waals surface area contributed by atoms with E-state index in [0.29, 0.717) is 37.5 Å². The van der Waals surface area contributed by atoms with Gasteiger partial charge >= 0.3 is 5.97 Å². The SMILES string of the molecule is CO[C@@H]1C[C@H]2C[C@H](O)C[C@H](CC(=O)O[C@@H](/C=C/CC(C)C)C[C@@H]3CC[C@H](C)[C@@H](C1)O3)O2. The zero-order chi connectivity index (χ0) is 22.4. The van der Waals surface area contributed by atoms with Gasteiger partial charge in [-0.05, 0) is 50.0 Å². The minimum absolute atomic E-state index is 0.0128. The van der Waals surface area contributed by atoms with Crippen LogP contribution >= 0.6 is 0 Å². The molecule has 0 spiro atoms. The van der Waals surface area contributed by atoms with Crippen LogP contribution in [-0.2, 0) is 23.7 Å². The van der Waals surface area contributed by atoms with E-state index in [9.17, 15) is 9.90 Å². The molecule has 6 nitrogen and oxygen atoms in total. The first kappa shape index (κ1) is 24.7. The normalized spacial score (nSPS) is 40.5. The van der Waals surface area contributed by atoms with Crippen LogP contribution in [0.15, 0.2) is 12.2 Å². The Kier molecular flexibility index (Phi) is 9.38. The maximum atomic E-state index is 12.7. The molecule has 3 aliphatic rings. The Bertz CT molecular complexity index is 591. The smallest absolute Gasteiger partial charge is 0.309 e. The summed E-state index contributed by atoms with van der Waals surface area (Å²) in [6.45, 7) is 6.59. The highest BCUT2D eigenvalue weighted by Crippen LogP contribution is 2.33. The molecule has 0 radical (unpaired) electrons. The van der Waals surface area contributed by atoms with E-state index in [0.717, 1.165) is 25.7 Å². The first-order valence-electron chi connectivity index (χ1n) is 12.2. The fourth-order valence-electron chi connectivity index (χ4n) is 5.09. The number of cyclic esters (lactones) is 1. The summed E-state index contributed by atoms with van der Waals surface area (Å²) in [5.74, 6) is 0.754. The molecule has 3 saturated heterocycles. The Labute approximate surface area is 187 Å². The summed E-state index contributed by atoms with van der Waals surface area (Å²) >= 11 is 0. The van der Waals surface area contributed by atoms with Crippen molar-refractivity contribution in [3.63, 3.8) is 0 Å². The van der Waals surface area contributed by atoms with E-state index in [1.807, 2.05) is 6.08 Å². The molecule has 8 atom stereocenters. The van der Waals surface area contributed by atoms with Crippen LogP contribution in [0.1, 0.15) is 78.6 Å². The Balaban J connectivity index is 1.78. The number of methoxy groups -OCH3 is 1. The van der Waals surface area contributed by atoms with Crippen LogP contribution in [-0.4, -0.2) is 60.9 Å². The van der Waals surface area contributed by atoms with Crippen molar-refractivity contribution < 1.29 is 28.8 Å². The number of aliphatic hydroxyl groups excluding tert-OH is 1. The van der Waals surface area contributed by atoms with Crippen LogP contribution in [0.3, 0.4) is 0 Å². The predicted octanol–water partition coefficient (Wildman–Crippen LogP) is 4.18. The zero-order valence-corrected chi connectivity index (χ0v) is 19.7. The third kappa shape index (κ3) is 7.85. The molecule has 31 heavy (non-hydrogen) atoms. The predicted molar refractivity (Wildman–Crippen MR) is 119 cm³/mol. The molecule has 1 N–H and O–H groups in total. The van der Waals surface area contributed by atoms with Crippen LogP contribution in [0.4, 0.5) is 0 Å². The van der Waals surface area contributed by atoms with Gasteiger partial charge in [0.2, 0.25) is 0 Å². The Hall–Kier alpha value is -0.950. The molecule has 6 heteroatoms. The van der Waals surface area contributed by atoms with Crippen molar-refractivity contribution in [2.75, 3.05) is 7.11 Å². The number of hydrogen-bond donors (Lipinski definition) is 1. The molecule has 0 amide bonds. The molecule has 0 aromatic carbocycles. The summed E-state index contributed by atoms with van der Waals surface area (Å²) < 4.78 is 24.3. The van der Waals surface area contributed by atoms with E-state index < -0.39 is 6.10 Å². The Morgan fingerprint density at radius 3 is 2.58 bits per heavy atom. The van der Waals surface area contributed by atoms with E-state index in [1.165, 1.54) is 0 Å². The molecule has 3 aliphatic heterocycles. The lowest BCUT2D eigenvalue weighted by Gasteiger charge is -2.39. The maximum Gasteiger partial charge on any atom is 0.309 e. The summed E-state index contributed by atoms with van der Waals surface area (Å²) in [7, 11) is 1.74. The highest BCUT2D eigenvalue weighted by molar-refractivity contribution is 5.70. The van der Waals surface area contributed by atoms with Gasteiger partial charge in [0.1, 0.15) is 6.10 Å². The summed E-state index contributed by atoms with van der Waals surface area (Å²) in [4.78, 5) is 12.7. The van der Waals surface area contributed by atoms with Crippen molar-refractivity contribution in [3.8, 4) is 0 Å². The molecule has 0 aromatic rings. The lowest BCUT2D eigenvalue weighted by atomic mass is 9.87. The molecule has 3 heterocycles. The van der Waals surface area contributed by atoms with Gasteiger partial charge in [0.05, 0.1) is 43.0 Å². The quantitative estimate of drug-likeness (QED) is 0.524. The Morgan fingerprint density at radius 1 is 1.06 bits per heavy atom. The topological polar surface area (TPSA) is 74.2 Å². The highest BCUT2D eigenvalue weighted by Gasteiger charge is 2.36. The van der Waals surface area contributed by atoms with E-state index in [1.54, 1.807) is 7.11 Å². The van der Waals surface area contributed by atoms with Gasteiger partial charge in [-0.15, -0.1) is 0 Å². The van der Waals surface area contributed by atoms with E-state index >= 15 is 0 Å². The number of allylic oxidation sites excluding steroid dienone is 1. The average molecular weight is 439 g/mol. The molecule has 178 valence electrons. The zero-order valence-electron chi connectivity index (χ0n) is 19.7. The highest BCUT2D eigenvalue weighted by atomic mass is 16.6. The van der Waals surface area contributed by atoms with Crippen molar-refractivity contribution in [2.24, 2.45) is 11.8 Å². The fourth-order valence-corrected chi connectivity index (χ4v) is 5.09. The monoisotopic (exact) mass is 438 g/mol. The average Bonchev–Trinajstić information content (AvgIpc) is 2.68. The molecule has 0 unspecified atom stereocenters. The number of rotatable bonds is 4. The fraction of sp³-hybridized carbons (Fsp3) is 0.880. The van der Waals surface area contributed by atoms with Gasteiger partial charge in [0, 0.05) is 26.4 Å². The summed E-state index contributed by atoms with van der Waals surface area (Å²) in [5, 5.41) is 10.4. The number of ether oxygens (including phenoxy) is 4. The molecule has 0 aliphatic carbocycles. The van der Waals surface area contributed by atoms with E-state index in [2.05, 4.69) is 26.8 Å². The van der Waals surface area contributed by atoms with Crippen molar-refractivity contribution in [1.29, 1.82) is 0 Å². The maximum absolute atomic E-state index is 12.7. The molecular formula is C25H42O6. The van der Waals surface area contributed by atoms with E-state index in [-0.39, 0.29) is 49.0 Å². The van der Waals surface area contributed by atoms with Gasteiger partial charge in [-0.25, -0.2) is 0 Å². The molecular weight excluding hydrogens is 396 g/mol. The number of aliphatic hydroxyl groups is 1. The molecule has 0 saturated carbocycles. The number of esters is 1. The minimum Gasteiger partial charge on any atom is -0.458 e. The Morgan fingerprint density at radius 2 is 1.84 bits per heavy atom. The summed E-state index contributed by atoms with van der Waals surface area (Å²) in [5.41, 5.74) is 0. The third-order valence-corrected chi connectivity index (χ3v) is 6.89. The van der Waals surface area contributed by atoms with Crippen molar-refractivity contribution in [1.82, 2.24) is 0 Å². The summed E-state index contributed by atoms with van der Waals surface area (Å²) in [6, 6.07) is 0. The second kappa shape index (κ2) is 11.8. The largest absolute Gasteiger partial charge is 0.458 e. The van der Waals surface area contributed by atoms with Crippen LogP contribution in [0.2, 0.25) is 0 Å². The van der Waals surface area contributed by atoms with Gasteiger partial charge in [-0.3, -0.25) is 4.79 Å². The summed E-state index contributed by atoms with van der Waals surface area (Å²) in [6.07, 6.45) is 9.64. The number of carbonyl (C=O) groups excluding carboxylic acids is 1. The number of carbonyl (C=O) groups is 1. The first-order chi connectivity index (χ1) is 14.8. The minimum atomic E-state index is -0.460. The molecule has 3 fully saturated rings. The lowest BCUT2D eigenvalue weighted by Crippen LogP contribution is -2.42. The van der Waals surface area contributed by atoms with Crippen LogP contribution in [0.25, 0.3) is 0 Å². The van der Waals surface area contributed by atoms with Crippen molar-refractivity contribution in [3.05, 3.63) is 12.2 Å². The van der Waals surface area contributed by atoms with Gasteiger partial charge < -0.3 is 24.1 Å². The van der Waals surface area contributed by atoms with Gasteiger partial charge in [0.25, 0.3) is 0 Å². The molecule has 0 aromatic heterocycles. The standard InChI is InChI=1S/C25H42O6/c1-16(2)6-5-7-19-12-20-9-8-17(3)24(30-20)14-21(28-4)13-22-10-18(26)11-23(29-22)15-25(27)31-19/h5,7,16-24,26H,6,8-15H2,1-4H3/b7-5+/t17-,18-,19-,20-,21+,22+,23+,24+/m0/s1. The number of fused-ring (bicyclic) bond motifs is 4. The molecule has 4 bridgehead atoms. The van der Waals surface area contributed by atoms with Crippen molar-refractivity contribution >= 4 is 5.97 Å². The lowest BCUT2D eigenvalue weighted by molar-refractivity contribution is -0.165. The van der Waals surface area contributed by atoms with Crippen LogP contribution in [0, 0.1) is 11.8 Å². The van der Waals surface area contributed by atoms with Crippen molar-refractivity contribution in [2.45, 2.75) is 121 Å². The molecule has 3 rings (SSSR count). The third-order valence-electron chi connectivity index (χ3n) is 6.89. The second-order valence-corrected chi connectivity index (χ2v) is 10.2. The van der Waals surface area contributed by atoms with E-state index in [4.69, 9.17) is 18.9 Å². The van der Waals surface area contributed by atoms with Gasteiger partial charge in [-0.2, -0.15) is 0 Å².